The number of rotatable bonds is 8. The Hall–Kier alpha value is -7.48. The van der Waals surface area contributed by atoms with Gasteiger partial charge in [0.1, 0.15) is 0 Å². The minimum atomic E-state index is 1.09. The monoisotopic (exact) mass is 725 g/mol. The van der Waals surface area contributed by atoms with E-state index in [1.807, 2.05) is 0 Å². The Morgan fingerprint density at radius 3 is 1.47 bits per heavy atom. The molecule has 0 heterocycles. The van der Waals surface area contributed by atoms with E-state index in [1.165, 1.54) is 77.2 Å². The Morgan fingerprint density at radius 2 is 0.737 bits per heavy atom. The van der Waals surface area contributed by atoms with Crippen LogP contribution in [0.25, 0.3) is 77.2 Å². The SMILES string of the molecule is c1ccc(-c2ccccc2N(c2ccc(-c3cccc(-c4cccc5ccccc45)c3)cc2)c2ccc(-c3ccc4ccccc4c3-c3ccccc3)cc2)cc1. The maximum Gasteiger partial charge on any atom is 0.0540 e. The molecular formula is C56H39N. The molecule has 10 rings (SSSR count). The number of nitrogens with zero attached hydrogens (tertiary/aromatic N) is 1. The van der Waals surface area contributed by atoms with E-state index in [2.05, 4.69) is 241 Å². The highest BCUT2D eigenvalue weighted by atomic mass is 15.1. The Morgan fingerprint density at radius 1 is 0.246 bits per heavy atom. The van der Waals surface area contributed by atoms with Gasteiger partial charge in [0, 0.05) is 16.9 Å². The van der Waals surface area contributed by atoms with Crippen molar-refractivity contribution in [2.24, 2.45) is 0 Å². The van der Waals surface area contributed by atoms with E-state index in [-0.39, 0.29) is 0 Å². The summed E-state index contributed by atoms with van der Waals surface area (Å²) >= 11 is 0. The van der Waals surface area contributed by atoms with Gasteiger partial charge < -0.3 is 4.90 Å². The van der Waals surface area contributed by atoms with Gasteiger partial charge in [-0.25, -0.2) is 0 Å². The molecule has 10 aromatic rings. The third kappa shape index (κ3) is 6.56. The lowest BCUT2D eigenvalue weighted by molar-refractivity contribution is 1.28. The van der Waals surface area contributed by atoms with Crippen LogP contribution in [-0.2, 0) is 0 Å². The molecule has 0 spiro atoms. The molecule has 268 valence electrons. The number of fused-ring (bicyclic) bond motifs is 2. The second-order valence-electron chi connectivity index (χ2n) is 14.5. The number of hydrogen-bond donors (Lipinski definition) is 0. The van der Waals surface area contributed by atoms with Gasteiger partial charge in [0.15, 0.2) is 0 Å². The summed E-state index contributed by atoms with van der Waals surface area (Å²) in [6, 6.07) is 85.6. The first kappa shape index (κ1) is 34.0. The van der Waals surface area contributed by atoms with Gasteiger partial charge in [-0.2, -0.15) is 0 Å². The first-order valence-electron chi connectivity index (χ1n) is 19.6. The van der Waals surface area contributed by atoms with E-state index < -0.39 is 0 Å². The first-order valence-corrected chi connectivity index (χ1v) is 19.6. The standard InChI is InChI=1S/C56H39N/c1-3-15-42(16-4-1)52-25-11-12-28-55(52)57(48-34-29-40(30-35-48)46-22-13-23-47(39-46)51-27-14-21-41-17-7-9-24-50(41)51)49-36-31-44(32-37-49)54-38-33-43-18-8-10-26-53(43)56(54)45-19-5-2-6-20-45/h1-39H. The molecule has 0 atom stereocenters. The topological polar surface area (TPSA) is 3.24 Å². The van der Waals surface area contributed by atoms with Crippen LogP contribution in [0, 0.1) is 0 Å². The van der Waals surface area contributed by atoms with E-state index in [4.69, 9.17) is 0 Å². The summed E-state index contributed by atoms with van der Waals surface area (Å²) in [5.74, 6) is 0. The summed E-state index contributed by atoms with van der Waals surface area (Å²) in [6.45, 7) is 0. The summed E-state index contributed by atoms with van der Waals surface area (Å²) in [7, 11) is 0. The molecule has 0 saturated carbocycles. The third-order valence-electron chi connectivity index (χ3n) is 11.1. The van der Waals surface area contributed by atoms with Crippen LogP contribution in [0.5, 0.6) is 0 Å². The summed E-state index contributed by atoms with van der Waals surface area (Å²) in [6.07, 6.45) is 0. The summed E-state index contributed by atoms with van der Waals surface area (Å²) in [5, 5.41) is 5.02. The number of hydrogen-bond acceptors (Lipinski definition) is 1. The van der Waals surface area contributed by atoms with E-state index in [0.717, 1.165) is 17.1 Å². The van der Waals surface area contributed by atoms with Gasteiger partial charge in [-0.3, -0.25) is 0 Å². The fourth-order valence-electron chi connectivity index (χ4n) is 8.32. The van der Waals surface area contributed by atoms with Crippen molar-refractivity contribution in [3.8, 4) is 55.6 Å². The molecule has 0 aliphatic carbocycles. The molecule has 57 heavy (non-hydrogen) atoms. The smallest absolute Gasteiger partial charge is 0.0540 e. The quantitative estimate of drug-likeness (QED) is 0.151. The zero-order chi connectivity index (χ0) is 38.0. The highest BCUT2D eigenvalue weighted by Crippen LogP contribution is 2.44. The zero-order valence-electron chi connectivity index (χ0n) is 31.5. The lowest BCUT2D eigenvalue weighted by Crippen LogP contribution is -2.11. The Balaban J connectivity index is 1.07. The zero-order valence-corrected chi connectivity index (χ0v) is 31.5. The summed E-state index contributed by atoms with van der Waals surface area (Å²) in [4.78, 5) is 2.39. The fraction of sp³-hybridized carbons (Fsp3) is 0. The molecule has 1 heteroatoms. The summed E-state index contributed by atoms with van der Waals surface area (Å²) < 4.78 is 0. The van der Waals surface area contributed by atoms with Crippen molar-refractivity contribution in [2.75, 3.05) is 4.90 Å². The third-order valence-corrected chi connectivity index (χ3v) is 11.1. The molecule has 0 amide bonds. The second-order valence-corrected chi connectivity index (χ2v) is 14.5. The van der Waals surface area contributed by atoms with Crippen molar-refractivity contribution < 1.29 is 0 Å². The molecule has 0 unspecified atom stereocenters. The van der Waals surface area contributed by atoms with Crippen LogP contribution in [0.4, 0.5) is 17.1 Å². The Bertz CT molecular complexity index is 2980. The number of benzene rings is 10. The van der Waals surface area contributed by atoms with Crippen LogP contribution in [0.2, 0.25) is 0 Å². The average molecular weight is 726 g/mol. The van der Waals surface area contributed by atoms with Gasteiger partial charge >= 0.3 is 0 Å². The molecule has 0 aliphatic heterocycles. The maximum absolute atomic E-state index is 2.39. The lowest BCUT2D eigenvalue weighted by atomic mass is 9.89. The van der Waals surface area contributed by atoms with E-state index in [0.29, 0.717) is 0 Å². The van der Waals surface area contributed by atoms with Gasteiger partial charge in [-0.15, -0.1) is 0 Å². The van der Waals surface area contributed by atoms with Crippen LogP contribution >= 0.6 is 0 Å². The van der Waals surface area contributed by atoms with Crippen molar-refractivity contribution in [2.45, 2.75) is 0 Å². The molecule has 10 aromatic carbocycles. The molecule has 0 radical (unpaired) electrons. The van der Waals surface area contributed by atoms with Crippen LogP contribution in [0.3, 0.4) is 0 Å². The molecule has 0 aliphatic rings. The van der Waals surface area contributed by atoms with Crippen LogP contribution in [0.1, 0.15) is 0 Å². The van der Waals surface area contributed by atoms with E-state index in [9.17, 15) is 0 Å². The second kappa shape index (κ2) is 15.0. The van der Waals surface area contributed by atoms with Gasteiger partial charge in [-0.1, -0.05) is 200 Å². The van der Waals surface area contributed by atoms with Gasteiger partial charge in [-0.05, 0) is 108 Å². The first-order chi connectivity index (χ1) is 28.3. The molecule has 0 N–H and O–H groups in total. The molecule has 0 aromatic heterocycles. The lowest BCUT2D eigenvalue weighted by Gasteiger charge is -2.28. The Labute approximate surface area is 334 Å². The fourth-order valence-corrected chi connectivity index (χ4v) is 8.32. The van der Waals surface area contributed by atoms with Crippen molar-refractivity contribution in [1.29, 1.82) is 0 Å². The number of para-hydroxylation sites is 1. The van der Waals surface area contributed by atoms with Crippen LogP contribution in [0.15, 0.2) is 237 Å². The molecule has 0 saturated heterocycles. The van der Waals surface area contributed by atoms with Gasteiger partial charge in [0.25, 0.3) is 0 Å². The number of anilines is 3. The highest BCUT2D eigenvalue weighted by Gasteiger charge is 2.19. The normalized spacial score (nSPS) is 11.2. The molecule has 0 bridgehead atoms. The van der Waals surface area contributed by atoms with Crippen molar-refractivity contribution >= 4 is 38.6 Å². The molecule has 1 nitrogen and oxygen atoms in total. The van der Waals surface area contributed by atoms with Crippen molar-refractivity contribution in [3.63, 3.8) is 0 Å². The predicted octanol–water partition coefficient (Wildman–Crippen LogP) is 15.8. The van der Waals surface area contributed by atoms with Gasteiger partial charge in [0.2, 0.25) is 0 Å². The average Bonchev–Trinajstić information content (AvgIpc) is 3.30. The summed E-state index contributed by atoms with van der Waals surface area (Å²) in [5.41, 5.74) is 15.4. The molecular weight excluding hydrogens is 687 g/mol. The minimum Gasteiger partial charge on any atom is -0.310 e. The van der Waals surface area contributed by atoms with Gasteiger partial charge in [0.05, 0.1) is 5.69 Å². The maximum atomic E-state index is 2.39. The van der Waals surface area contributed by atoms with Crippen molar-refractivity contribution in [1.82, 2.24) is 0 Å². The predicted molar refractivity (Wildman–Crippen MR) is 243 cm³/mol. The molecule has 0 fully saturated rings. The Kier molecular flexibility index (Phi) is 8.95. The minimum absolute atomic E-state index is 1.09. The van der Waals surface area contributed by atoms with Crippen LogP contribution in [-0.4, -0.2) is 0 Å². The van der Waals surface area contributed by atoms with E-state index >= 15 is 0 Å². The van der Waals surface area contributed by atoms with Crippen molar-refractivity contribution in [3.05, 3.63) is 237 Å². The largest absolute Gasteiger partial charge is 0.310 e. The van der Waals surface area contributed by atoms with Crippen LogP contribution < -0.4 is 4.90 Å². The van der Waals surface area contributed by atoms with E-state index in [1.54, 1.807) is 0 Å². The highest BCUT2D eigenvalue weighted by molar-refractivity contribution is 6.04.